The normalized spacial score (nSPS) is 22.2. The Morgan fingerprint density at radius 3 is 2.77 bits per heavy atom. The fourth-order valence-electron chi connectivity index (χ4n) is 3.84. The molecule has 0 aliphatic carbocycles. The summed E-state index contributed by atoms with van der Waals surface area (Å²) >= 11 is 1.04. The van der Waals surface area contributed by atoms with Crippen molar-refractivity contribution < 1.29 is 27.4 Å². The van der Waals surface area contributed by atoms with E-state index < -0.39 is 34.3 Å². The average molecular weight is 451 g/mol. The van der Waals surface area contributed by atoms with Crippen molar-refractivity contribution in [1.82, 2.24) is 5.01 Å². The van der Waals surface area contributed by atoms with Gasteiger partial charge in [-0.05, 0) is 56.3 Å². The van der Waals surface area contributed by atoms with Crippen molar-refractivity contribution in [2.24, 2.45) is 16.8 Å². The van der Waals surface area contributed by atoms with Crippen LogP contribution in [0.15, 0.2) is 41.5 Å². The highest BCUT2D eigenvalue weighted by Crippen LogP contribution is 2.57. The monoisotopic (exact) mass is 451 g/mol. The topological polar surface area (TPSA) is 77.1 Å². The number of rotatable bonds is 4. The summed E-state index contributed by atoms with van der Waals surface area (Å²) in [6.45, 7) is 2.15. The van der Waals surface area contributed by atoms with Gasteiger partial charge in [-0.3, -0.25) is 0 Å². The van der Waals surface area contributed by atoms with E-state index in [-0.39, 0.29) is 30.4 Å². The summed E-state index contributed by atoms with van der Waals surface area (Å²) in [4.78, 5) is 11.6. The smallest absolute Gasteiger partial charge is 0.432 e. The number of halogens is 3. The molecule has 0 bridgehead atoms. The second-order valence-corrected chi connectivity index (χ2v) is 8.28. The van der Waals surface area contributed by atoms with Gasteiger partial charge < -0.3 is 15.2 Å². The fourth-order valence-corrected chi connectivity index (χ4v) is 5.35. The maximum atomic E-state index is 14.6. The number of benzene rings is 2. The molecule has 2 aliphatic rings. The number of fused-ring (bicyclic) bond motifs is 2. The molecule has 2 N–H and O–H groups in total. The van der Waals surface area contributed by atoms with Gasteiger partial charge in [-0.1, -0.05) is 11.8 Å². The van der Waals surface area contributed by atoms with Crippen LogP contribution >= 0.6 is 11.8 Å². The summed E-state index contributed by atoms with van der Waals surface area (Å²) in [5.74, 6) is -1.94. The van der Waals surface area contributed by atoms with Crippen LogP contribution < -0.4 is 10.5 Å². The van der Waals surface area contributed by atoms with Gasteiger partial charge in [0.1, 0.15) is 28.2 Å². The summed E-state index contributed by atoms with van der Waals surface area (Å²) in [7, 11) is 0. The van der Waals surface area contributed by atoms with E-state index in [1.54, 1.807) is 6.92 Å². The van der Waals surface area contributed by atoms with E-state index in [1.165, 1.54) is 18.2 Å². The van der Waals surface area contributed by atoms with Crippen LogP contribution in [0.4, 0.5) is 18.0 Å². The maximum Gasteiger partial charge on any atom is 0.432 e. The van der Waals surface area contributed by atoms with Crippen molar-refractivity contribution in [2.75, 3.05) is 19.8 Å². The first-order chi connectivity index (χ1) is 14.9. The van der Waals surface area contributed by atoms with Gasteiger partial charge in [-0.2, -0.15) is 10.1 Å². The van der Waals surface area contributed by atoms with Gasteiger partial charge in [0, 0.05) is 17.0 Å². The second kappa shape index (κ2) is 8.43. The molecule has 4 rings (SSSR count). The largest absolute Gasteiger partial charge is 0.493 e. The van der Waals surface area contributed by atoms with E-state index in [2.05, 4.69) is 5.10 Å². The minimum atomic E-state index is -1.30. The highest BCUT2D eigenvalue weighted by molar-refractivity contribution is 8.15. The minimum Gasteiger partial charge on any atom is -0.493 e. The molecule has 6 nitrogen and oxygen atoms in total. The van der Waals surface area contributed by atoms with Crippen LogP contribution in [-0.4, -0.2) is 35.9 Å². The summed E-state index contributed by atoms with van der Waals surface area (Å²) < 4.78 is 53.7. The standard InChI is InChI=1S/C21H20F3N3O3S/c1-2-29-20(28)27-21(31-19(26-27)15-9-13(22)3-5-17(15)24)12(7-8-25)11-30-18-6-4-14(23)10-16(18)21/h3-6,9-10,12H,2,7-8,11,25H2,1H3. The summed E-state index contributed by atoms with van der Waals surface area (Å²) in [6.07, 6.45) is -0.381. The van der Waals surface area contributed by atoms with Gasteiger partial charge in [0.25, 0.3) is 0 Å². The Labute approximate surface area is 181 Å². The molecule has 0 saturated carbocycles. The zero-order chi connectivity index (χ0) is 22.2. The Kier molecular flexibility index (Phi) is 5.85. The van der Waals surface area contributed by atoms with Crippen molar-refractivity contribution in [3.05, 3.63) is 65.0 Å². The first-order valence-electron chi connectivity index (χ1n) is 9.73. The first-order valence-corrected chi connectivity index (χ1v) is 10.5. The molecule has 0 fully saturated rings. The molecular formula is C21H20F3N3O3S. The van der Waals surface area contributed by atoms with Crippen molar-refractivity contribution >= 4 is 22.9 Å². The van der Waals surface area contributed by atoms with E-state index in [0.717, 1.165) is 35.0 Å². The molecule has 2 heterocycles. The number of amides is 1. The highest BCUT2D eigenvalue weighted by atomic mass is 32.2. The number of hydrazone groups is 1. The number of hydrogen-bond acceptors (Lipinski definition) is 6. The van der Waals surface area contributed by atoms with Crippen LogP contribution in [-0.2, 0) is 9.61 Å². The van der Waals surface area contributed by atoms with Crippen molar-refractivity contribution in [1.29, 1.82) is 0 Å². The Bertz CT molecular complexity index is 1050. The first kappa shape index (κ1) is 21.5. The third-order valence-electron chi connectivity index (χ3n) is 5.19. The molecular weight excluding hydrogens is 431 g/mol. The second-order valence-electron chi connectivity index (χ2n) is 7.06. The molecule has 31 heavy (non-hydrogen) atoms. The number of hydrogen-bond donors (Lipinski definition) is 1. The summed E-state index contributed by atoms with van der Waals surface area (Å²) in [5.41, 5.74) is 6.06. The molecule has 2 atom stereocenters. The van der Waals surface area contributed by atoms with Gasteiger partial charge in [0.05, 0.1) is 13.2 Å². The molecule has 10 heteroatoms. The third-order valence-corrected chi connectivity index (χ3v) is 6.73. The number of thioether (sulfide) groups is 1. The van der Waals surface area contributed by atoms with Crippen LogP contribution in [0.25, 0.3) is 0 Å². The lowest BCUT2D eigenvalue weighted by Gasteiger charge is -2.44. The molecule has 2 aromatic carbocycles. The average Bonchev–Trinajstić information content (AvgIpc) is 3.14. The van der Waals surface area contributed by atoms with Crippen LogP contribution in [0.5, 0.6) is 5.75 Å². The summed E-state index contributed by atoms with van der Waals surface area (Å²) in [5, 5.41) is 5.49. The van der Waals surface area contributed by atoms with Gasteiger partial charge in [-0.15, -0.1) is 0 Å². The molecule has 1 amide bonds. The molecule has 2 unspecified atom stereocenters. The number of nitrogens with zero attached hydrogens (tertiary/aromatic N) is 2. The van der Waals surface area contributed by atoms with Gasteiger partial charge in [0.15, 0.2) is 4.87 Å². The van der Waals surface area contributed by atoms with Gasteiger partial charge in [0.2, 0.25) is 0 Å². The Hall–Kier alpha value is -2.72. The van der Waals surface area contributed by atoms with E-state index in [1.807, 2.05) is 0 Å². The predicted molar refractivity (Wildman–Crippen MR) is 110 cm³/mol. The highest BCUT2D eigenvalue weighted by Gasteiger charge is 2.58. The van der Waals surface area contributed by atoms with E-state index in [9.17, 15) is 18.0 Å². The number of carbonyl (C=O) groups is 1. The summed E-state index contributed by atoms with van der Waals surface area (Å²) in [6, 6.07) is 6.97. The van der Waals surface area contributed by atoms with Crippen LogP contribution in [0.2, 0.25) is 0 Å². The lowest BCUT2D eigenvalue weighted by atomic mass is 9.87. The van der Waals surface area contributed by atoms with E-state index >= 15 is 0 Å². The zero-order valence-corrected chi connectivity index (χ0v) is 17.4. The molecule has 1 spiro atoms. The van der Waals surface area contributed by atoms with Crippen LogP contribution in [0.1, 0.15) is 24.5 Å². The SMILES string of the molecule is CCOC(=O)N1N=C(c2cc(F)ccc2F)SC12c1cc(F)ccc1OCC2CCN. The molecule has 2 aromatic rings. The van der Waals surface area contributed by atoms with E-state index in [4.69, 9.17) is 15.2 Å². The van der Waals surface area contributed by atoms with Crippen LogP contribution in [0, 0.1) is 23.4 Å². The number of nitrogens with two attached hydrogens (primary N) is 1. The molecule has 2 aliphatic heterocycles. The van der Waals surface area contributed by atoms with E-state index in [0.29, 0.717) is 17.7 Å². The van der Waals surface area contributed by atoms with Gasteiger partial charge >= 0.3 is 6.09 Å². The predicted octanol–water partition coefficient (Wildman–Crippen LogP) is 4.18. The lowest BCUT2D eigenvalue weighted by molar-refractivity contribution is 0.0395. The van der Waals surface area contributed by atoms with Crippen molar-refractivity contribution in [3.8, 4) is 5.75 Å². The maximum absolute atomic E-state index is 14.6. The molecule has 0 saturated heterocycles. The lowest BCUT2D eigenvalue weighted by Crippen LogP contribution is -2.51. The Balaban J connectivity index is 1.92. The van der Waals surface area contributed by atoms with Crippen molar-refractivity contribution in [2.45, 2.75) is 18.2 Å². The molecule has 0 radical (unpaired) electrons. The van der Waals surface area contributed by atoms with Crippen LogP contribution in [0.3, 0.4) is 0 Å². The Morgan fingerprint density at radius 2 is 2.03 bits per heavy atom. The quantitative estimate of drug-likeness (QED) is 0.755. The Morgan fingerprint density at radius 1 is 1.29 bits per heavy atom. The van der Waals surface area contributed by atoms with Gasteiger partial charge in [-0.25, -0.2) is 18.0 Å². The molecule has 0 aromatic heterocycles. The minimum absolute atomic E-state index is 0.0727. The third kappa shape index (κ3) is 3.63. The van der Waals surface area contributed by atoms with Crippen molar-refractivity contribution in [3.63, 3.8) is 0 Å². The number of carbonyl (C=O) groups excluding carboxylic acids is 1. The zero-order valence-electron chi connectivity index (χ0n) is 16.6. The molecule has 164 valence electrons. The number of ether oxygens (including phenoxy) is 2. The fraction of sp³-hybridized carbons (Fsp3) is 0.333.